The molecular weight excluding hydrogens is 192 g/mol. The van der Waals surface area contributed by atoms with E-state index in [4.69, 9.17) is 9.84 Å². The quantitative estimate of drug-likeness (QED) is 0.518. The number of hydrogen-bond acceptors (Lipinski definition) is 2. The van der Waals surface area contributed by atoms with Gasteiger partial charge in [-0.15, -0.1) is 5.73 Å². The Morgan fingerprint density at radius 1 is 1.73 bits per heavy atom. The SMILES string of the molecule is C=C=CCC(CCCC1OC1C)C(=O)O. The number of allylic oxidation sites excluding steroid dienone is 1. The van der Waals surface area contributed by atoms with Gasteiger partial charge in [0.25, 0.3) is 0 Å². The Hall–Kier alpha value is -1.05. The first kappa shape index (κ1) is 12.0. The van der Waals surface area contributed by atoms with Gasteiger partial charge in [0, 0.05) is 0 Å². The number of ether oxygens (including phenoxy) is 1. The Morgan fingerprint density at radius 3 is 2.87 bits per heavy atom. The van der Waals surface area contributed by atoms with Crippen LogP contribution in [0.1, 0.15) is 32.6 Å². The summed E-state index contributed by atoms with van der Waals surface area (Å²) in [5, 5.41) is 8.93. The Bertz CT molecular complexity index is 266. The molecule has 0 spiro atoms. The molecule has 0 aromatic carbocycles. The monoisotopic (exact) mass is 210 g/mol. The molecule has 1 aliphatic rings. The average Bonchev–Trinajstić information content (AvgIpc) is 2.87. The molecule has 1 aliphatic heterocycles. The van der Waals surface area contributed by atoms with E-state index in [0.29, 0.717) is 25.0 Å². The van der Waals surface area contributed by atoms with Crippen LogP contribution < -0.4 is 0 Å². The Kier molecular flexibility index (Phi) is 4.60. The van der Waals surface area contributed by atoms with Crippen molar-refractivity contribution in [2.24, 2.45) is 5.92 Å². The molecule has 0 radical (unpaired) electrons. The molecule has 1 saturated heterocycles. The summed E-state index contributed by atoms with van der Waals surface area (Å²) in [5.74, 6) is -1.03. The van der Waals surface area contributed by atoms with E-state index in [1.807, 2.05) is 6.92 Å². The van der Waals surface area contributed by atoms with Crippen LogP contribution in [0.4, 0.5) is 0 Å². The van der Waals surface area contributed by atoms with Gasteiger partial charge in [0.15, 0.2) is 0 Å². The average molecular weight is 210 g/mol. The van der Waals surface area contributed by atoms with Crippen molar-refractivity contribution in [1.29, 1.82) is 0 Å². The summed E-state index contributed by atoms with van der Waals surface area (Å²) in [6, 6.07) is 0. The minimum absolute atomic E-state index is 0.298. The van der Waals surface area contributed by atoms with Crippen molar-refractivity contribution in [2.75, 3.05) is 0 Å². The molecule has 1 N–H and O–H groups in total. The molecule has 0 aromatic rings. The third-order valence-electron chi connectivity index (χ3n) is 2.77. The van der Waals surface area contributed by atoms with Gasteiger partial charge in [-0.3, -0.25) is 4.79 Å². The van der Waals surface area contributed by atoms with Crippen LogP contribution in [0.3, 0.4) is 0 Å². The first-order chi connectivity index (χ1) is 7.15. The van der Waals surface area contributed by atoms with Crippen LogP contribution in [-0.2, 0) is 9.53 Å². The lowest BCUT2D eigenvalue weighted by molar-refractivity contribution is -0.141. The van der Waals surface area contributed by atoms with Crippen molar-refractivity contribution >= 4 is 5.97 Å². The van der Waals surface area contributed by atoms with Gasteiger partial charge in [-0.2, -0.15) is 0 Å². The van der Waals surface area contributed by atoms with E-state index in [1.165, 1.54) is 0 Å². The molecule has 0 amide bonds. The van der Waals surface area contributed by atoms with Crippen molar-refractivity contribution in [3.63, 3.8) is 0 Å². The molecule has 3 atom stereocenters. The number of aliphatic carboxylic acids is 1. The molecule has 3 heteroatoms. The van der Waals surface area contributed by atoms with E-state index in [1.54, 1.807) is 6.08 Å². The van der Waals surface area contributed by atoms with Crippen LogP contribution in [0.15, 0.2) is 18.4 Å². The molecule has 3 nitrogen and oxygen atoms in total. The summed E-state index contributed by atoms with van der Waals surface area (Å²) in [6.45, 7) is 5.47. The van der Waals surface area contributed by atoms with Gasteiger partial charge >= 0.3 is 5.97 Å². The molecule has 1 fully saturated rings. The summed E-state index contributed by atoms with van der Waals surface area (Å²) in [4.78, 5) is 10.9. The summed E-state index contributed by atoms with van der Waals surface area (Å²) in [5.41, 5.74) is 2.61. The molecule has 0 aromatic heterocycles. The first-order valence-corrected chi connectivity index (χ1v) is 5.37. The van der Waals surface area contributed by atoms with E-state index in [9.17, 15) is 4.79 Å². The van der Waals surface area contributed by atoms with E-state index >= 15 is 0 Å². The minimum Gasteiger partial charge on any atom is -0.481 e. The number of rotatable bonds is 7. The lowest BCUT2D eigenvalue weighted by Gasteiger charge is -2.08. The van der Waals surface area contributed by atoms with Crippen molar-refractivity contribution in [1.82, 2.24) is 0 Å². The van der Waals surface area contributed by atoms with Gasteiger partial charge < -0.3 is 9.84 Å². The van der Waals surface area contributed by atoms with Gasteiger partial charge in [-0.25, -0.2) is 0 Å². The van der Waals surface area contributed by atoms with E-state index < -0.39 is 5.97 Å². The molecule has 0 saturated carbocycles. The van der Waals surface area contributed by atoms with Crippen molar-refractivity contribution in [3.8, 4) is 0 Å². The third kappa shape index (κ3) is 4.32. The van der Waals surface area contributed by atoms with Crippen LogP contribution >= 0.6 is 0 Å². The number of carboxylic acid groups (broad SMARTS) is 1. The number of carboxylic acids is 1. The zero-order valence-corrected chi connectivity index (χ0v) is 9.11. The fraction of sp³-hybridized carbons (Fsp3) is 0.667. The third-order valence-corrected chi connectivity index (χ3v) is 2.77. The second kappa shape index (κ2) is 5.74. The first-order valence-electron chi connectivity index (χ1n) is 5.37. The van der Waals surface area contributed by atoms with E-state index in [-0.39, 0.29) is 5.92 Å². The second-order valence-electron chi connectivity index (χ2n) is 3.99. The molecule has 1 heterocycles. The molecule has 1 rings (SSSR count). The van der Waals surface area contributed by atoms with Crippen LogP contribution in [0.5, 0.6) is 0 Å². The molecule has 15 heavy (non-hydrogen) atoms. The predicted molar refractivity (Wildman–Crippen MR) is 57.6 cm³/mol. The predicted octanol–water partition coefficient (Wildman–Crippen LogP) is 2.38. The summed E-state index contributed by atoms with van der Waals surface area (Å²) in [7, 11) is 0. The van der Waals surface area contributed by atoms with Crippen LogP contribution in [0, 0.1) is 5.92 Å². The molecule has 84 valence electrons. The molecule has 0 aliphatic carbocycles. The maximum Gasteiger partial charge on any atom is 0.306 e. The van der Waals surface area contributed by atoms with Crippen molar-refractivity contribution in [2.45, 2.75) is 44.8 Å². The van der Waals surface area contributed by atoms with Gasteiger partial charge in [-0.05, 0) is 38.7 Å². The topological polar surface area (TPSA) is 49.8 Å². The summed E-state index contributed by atoms with van der Waals surface area (Å²) in [6.07, 6.45) is 5.56. The standard InChI is InChI=1S/C12H18O3/c1-3-4-6-10(12(13)14)7-5-8-11-9(2)15-11/h4,9-11H,1,5-8H2,2H3,(H,13,14). The molecule has 0 bridgehead atoms. The largest absolute Gasteiger partial charge is 0.481 e. The van der Waals surface area contributed by atoms with Crippen LogP contribution in [-0.4, -0.2) is 23.3 Å². The zero-order chi connectivity index (χ0) is 11.3. The second-order valence-corrected chi connectivity index (χ2v) is 3.99. The summed E-state index contributed by atoms with van der Waals surface area (Å²) >= 11 is 0. The maximum atomic E-state index is 10.9. The fourth-order valence-electron chi connectivity index (χ4n) is 1.67. The lowest BCUT2D eigenvalue weighted by Crippen LogP contribution is -2.13. The fourth-order valence-corrected chi connectivity index (χ4v) is 1.67. The number of hydrogen-bond donors (Lipinski definition) is 1. The van der Waals surface area contributed by atoms with Crippen molar-refractivity contribution < 1.29 is 14.6 Å². The lowest BCUT2D eigenvalue weighted by atomic mass is 9.97. The smallest absolute Gasteiger partial charge is 0.306 e. The molecule has 3 unspecified atom stereocenters. The minimum atomic E-state index is -0.730. The highest BCUT2D eigenvalue weighted by Gasteiger charge is 2.33. The maximum absolute atomic E-state index is 10.9. The highest BCUT2D eigenvalue weighted by molar-refractivity contribution is 5.70. The van der Waals surface area contributed by atoms with E-state index in [0.717, 1.165) is 12.8 Å². The number of carbonyl (C=O) groups is 1. The van der Waals surface area contributed by atoms with Crippen LogP contribution in [0.25, 0.3) is 0 Å². The highest BCUT2D eigenvalue weighted by atomic mass is 16.6. The van der Waals surface area contributed by atoms with Gasteiger partial charge in [0.2, 0.25) is 0 Å². The number of epoxide rings is 1. The highest BCUT2D eigenvalue weighted by Crippen LogP contribution is 2.27. The molecular formula is C12H18O3. The Labute approximate surface area is 90.4 Å². The Balaban J connectivity index is 2.18. The van der Waals surface area contributed by atoms with Crippen LogP contribution in [0.2, 0.25) is 0 Å². The zero-order valence-electron chi connectivity index (χ0n) is 9.11. The van der Waals surface area contributed by atoms with Gasteiger partial charge in [-0.1, -0.05) is 6.58 Å². The van der Waals surface area contributed by atoms with E-state index in [2.05, 4.69) is 12.3 Å². The normalized spacial score (nSPS) is 25.4. The van der Waals surface area contributed by atoms with Gasteiger partial charge in [0.1, 0.15) is 0 Å². The summed E-state index contributed by atoms with van der Waals surface area (Å²) < 4.78 is 5.26. The van der Waals surface area contributed by atoms with Gasteiger partial charge in [0.05, 0.1) is 18.1 Å². The Morgan fingerprint density at radius 2 is 2.40 bits per heavy atom. The van der Waals surface area contributed by atoms with Crippen molar-refractivity contribution in [3.05, 3.63) is 18.4 Å².